The van der Waals surface area contributed by atoms with Crippen LogP contribution in [-0.2, 0) is 19.6 Å². The van der Waals surface area contributed by atoms with E-state index in [1.807, 2.05) is 0 Å². The zero-order valence-corrected chi connectivity index (χ0v) is 19.4. The van der Waals surface area contributed by atoms with Gasteiger partial charge in [0.1, 0.15) is 6.04 Å². The molecule has 0 aliphatic carbocycles. The van der Waals surface area contributed by atoms with Crippen LogP contribution in [0.15, 0.2) is 71.9 Å². The third-order valence-corrected chi connectivity index (χ3v) is 7.29. The van der Waals surface area contributed by atoms with Crippen molar-refractivity contribution >= 4 is 33.2 Å². The third kappa shape index (κ3) is 5.33. The number of benzene rings is 2. The minimum absolute atomic E-state index is 0.0515. The Morgan fingerprint density at radius 2 is 1.71 bits per heavy atom. The van der Waals surface area contributed by atoms with Crippen molar-refractivity contribution in [1.82, 2.24) is 14.1 Å². The van der Waals surface area contributed by atoms with Gasteiger partial charge in [-0.3, -0.25) is 14.3 Å². The third-order valence-electron chi connectivity index (χ3n) is 5.39. The first-order valence-electron chi connectivity index (χ1n) is 10.7. The van der Waals surface area contributed by atoms with Gasteiger partial charge >= 0.3 is 0 Å². The van der Waals surface area contributed by atoms with Crippen molar-refractivity contribution in [2.45, 2.75) is 17.9 Å². The molecule has 1 saturated heterocycles. The number of amides is 2. The molecule has 2 amide bonds. The monoisotopic (exact) mass is 483 g/mol. The summed E-state index contributed by atoms with van der Waals surface area (Å²) in [5.74, 6) is -0.722. The van der Waals surface area contributed by atoms with Crippen molar-refractivity contribution in [3.8, 4) is 0 Å². The van der Waals surface area contributed by atoms with Crippen molar-refractivity contribution in [2.24, 2.45) is 0 Å². The number of nitrogens with one attached hydrogen (secondary N) is 2. The van der Waals surface area contributed by atoms with E-state index in [-0.39, 0.29) is 29.5 Å². The normalized spacial score (nSPS) is 15.4. The fourth-order valence-corrected chi connectivity index (χ4v) is 4.94. The molecule has 2 heterocycles. The van der Waals surface area contributed by atoms with E-state index in [0.717, 1.165) is 0 Å². The summed E-state index contributed by atoms with van der Waals surface area (Å²) in [6.07, 6.45) is 3.30. The second-order valence-electron chi connectivity index (χ2n) is 7.73. The minimum Gasteiger partial charge on any atom is -0.379 e. The highest BCUT2D eigenvalue weighted by Gasteiger charge is 2.27. The highest BCUT2D eigenvalue weighted by atomic mass is 32.2. The number of morpholine rings is 1. The van der Waals surface area contributed by atoms with E-state index in [0.29, 0.717) is 24.6 Å². The Morgan fingerprint density at radius 1 is 1.00 bits per heavy atom. The molecule has 0 spiro atoms. The average Bonchev–Trinajstić information content (AvgIpc) is 3.39. The van der Waals surface area contributed by atoms with Crippen LogP contribution in [0.1, 0.15) is 23.3 Å². The molecular weight excluding hydrogens is 458 g/mol. The first-order valence-corrected chi connectivity index (χ1v) is 12.2. The van der Waals surface area contributed by atoms with Gasteiger partial charge in [-0.15, -0.1) is 0 Å². The average molecular weight is 484 g/mol. The molecule has 2 aromatic carbocycles. The Bertz CT molecular complexity index is 1270. The van der Waals surface area contributed by atoms with Gasteiger partial charge in [0.05, 0.1) is 18.1 Å². The summed E-state index contributed by atoms with van der Waals surface area (Å²) in [4.78, 5) is 25.4. The lowest BCUT2D eigenvalue weighted by Crippen LogP contribution is -2.40. The van der Waals surface area contributed by atoms with E-state index < -0.39 is 22.0 Å². The quantitative estimate of drug-likeness (QED) is 0.532. The molecule has 1 aliphatic heterocycles. The fraction of sp³-hybridized carbons (Fsp3) is 0.261. The molecule has 178 valence electrons. The molecule has 1 fully saturated rings. The van der Waals surface area contributed by atoms with Crippen LogP contribution in [-0.4, -0.2) is 60.6 Å². The summed E-state index contributed by atoms with van der Waals surface area (Å²) in [5.41, 5.74) is 1.16. The first-order chi connectivity index (χ1) is 16.3. The molecule has 0 saturated carbocycles. The number of hydrogen-bond acceptors (Lipinski definition) is 6. The highest BCUT2D eigenvalue weighted by Crippen LogP contribution is 2.21. The molecule has 0 radical (unpaired) electrons. The Labute approximate surface area is 197 Å². The molecule has 1 aromatic heterocycles. The Morgan fingerprint density at radius 3 is 2.41 bits per heavy atom. The van der Waals surface area contributed by atoms with Gasteiger partial charge in [0, 0.05) is 42.4 Å². The largest absolute Gasteiger partial charge is 0.379 e. The molecule has 1 aliphatic rings. The molecule has 4 rings (SSSR count). The van der Waals surface area contributed by atoms with Gasteiger partial charge in [0.25, 0.3) is 5.91 Å². The predicted molar refractivity (Wildman–Crippen MR) is 126 cm³/mol. The van der Waals surface area contributed by atoms with Crippen LogP contribution in [0.2, 0.25) is 0 Å². The van der Waals surface area contributed by atoms with Crippen LogP contribution < -0.4 is 10.6 Å². The summed E-state index contributed by atoms with van der Waals surface area (Å²) in [5, 5.41) is 9.62. The second-order valence-corrected chi connectivity index (χ2v) is 9.67. The summed E-state index contributed by atoms with van der Waals surface area (Å²) in [7, 11) is -3.72. The molecule has 2 N–H and O–H groups in total. The number of carbonyl (C=O) groups is 2. The summed E-state index contributed by atoms with van der Waals surface area (Å²) < 4.78 is 33.9. The lowest BCUT2D eigenvalue weighted by Gasteiger charge is -2.26. The number of rotatable bonds is 7. The Balaban J connectivity index is 1.45. The van der Waals surface area contributed by atoms with Gasteiger partial charge in [-0.05, 0) is 49.4 Å². The van der Waals surface area contributed by atoms with Gasteiger partial charge in [0.15, 0.2) is 0 Å². The number of carbonyl (C=O) groups excluding carboxylic acids is 2. The van der Waals surface area contributed by atoms with Gasteiger partial charge in [0.2, 0.25) is 15.9 Å². The van der Waals surface area contributed by atoms with Gasteiger partial charge in [-0.1, -0.05) is 12.1 Å². The van der Waals surface area contributed by atoms with Crippen LogP contribution in [0.5, 0.6) is 0 Å². The predicted octanol–water partition coefficient (Wildman–Crippen LogP) is 2.36. The number of sulfonamides is 1. The number of hydrogen-bond donors (Lipinski definition) is 2. The standard InChI is InChI=1S/C23H25N5O5S/c1-17(28-10-4-9-24-28)22(29)25-19-6-3-7-20(16-19)26-23(30)18-5-2-8-21(15-18)34(31,32)27-11-13-33-14-12-27/h2-10,15-17H,11-14H2,1H3,(H,25,29)(H,26,30). The smallest absolute Gasteiger partial charge is 0.255 e. The lowest BCUT2D eigenvalue weighted by molar-refractivity contribution is -0.119. The lowest BCUT2D eigenvalue weighted by atomic mass is 10.2. The molecule has 11 heteroatoms. The van der Waals surface area contributed by atoms with Crippen LogP contribution in [0, 0.1) is 0 Å². The molecule has 0 bridgehead atoms. The van der Waals surface area contributed by atoms with Crippen LogP contribution in [0.25, 0.3) is 0 Å². The van der Waals surface area contributed by atoms with E-state index in [9.17, 15) is 18.0 Å². The molecule has 10 nitrogen and oxygen atoms in total. The zero-order chi connectivity index (χ0) is 24.1. The zero-order valence-electron chi connectivity index (χ0n) is 18.5. The van der Waals surface area contributed by atoms with Gasteiger partial charge < -0.3 is 15.4 Å². The van der Waals surface area contributed by atoms with Crippen molar-refractivity contribution in [3.63, 3.8) is 0 Å². The van der Waals surface area contributed by atoms with E-state index >= 15 is 0 Å². The SMILES string of the molecule is CC(C(=O)Nc1cccc(NC(=O)c2cccc(S(=O)(=O)N3CCOCC3)c2)c1)n1cccn1. The first kappa shape index (κ1) is 23.6. The topological polar surface area (TPSA) is 123 Å². The number of nitrogens with zero attached hydrogens (tertiary/aromatic N) is 3. The maximum Gasteiger partial charge on any atom is 0.255 e. The number of ether oxygens (including phenoxy) is 1. The molecular formula is C23H25N5O5S. The van der Waals surface area contributed by atoms with E-state index in [4.69, 9.17) is 4.74 Å². The molecule has 3 aromatic rings. The van der Waals surface area contributed by atoms with E-state index in [1.54, 1.807) is 60.4 Å². The van der Waals surface area contributed by atoms with Crippen molar-refractivity contribution in [3.05, 3.63) is 72.6 Å². The van der Waals surface area contributed by atoms with E-state index in [1.165, 1.54) is 22.5 Å². The van der Waals surface area contributed by atoms with Crippen LogP contribution >= 0.6 is 0 Å². The minimum atomic E-state index is -3.72. The molecule has 1 atom stereocenters. The molecule has 1 unspecified atom stereocenters. The number of anilines is 2. The van der Waals surface area contributed by atoms with Crippen molar-refractivity contribution in [2.75, 3.05) is 36.9 Å². The summed E-state index contributed by atoms with van der Waals surface area (Å²) in [6.45, 7) is 2.96. The van der Waals surface area contributed by atoms with Crippen LogP contribution in [0.4, 0.5) is 11.4 Å². The van der Waals surface area contributed by atoms with Crippen molar-refractivity contribution < 1.29 is 22.7 Å². The number of aromatic nitrogens is 2. The van der Waals surface area contributed by atoms with Gasteiger partial charge in [-0.25, -0.2) is 8.42 Å². The van der Waals surface area contributed by atoms with E-state index in [2.05, 4.69) is 15.7 Å². The summed E-state index contributed by atoms with van der Waals surface area (Å²) in [6, 6.07) is 13.8. The highest BCUT2D eigenvalue weighted by molar-refractivity contribution is 7.89. The molecule has 34 heavy (non-hydrogen) atoms. The van der Waals surface area contributed by atoms with Crippen molar-refractivity contribution in [1.29, 1.82) is 0 Å². The second kappa shape index (κ2) is 10.2. The summed E-state index contributed by atoms with van der Waals surface area (Å²) >= 11 is 0. The Hall–Kier alpha value is -3.54. The fourth-order valence-electron chi connectivity index (χ4n) is 3.49. The maximum atomic E-state index is 12.9. The Kier molecular flexibility index (Phi) is 7.06. The maximum absolute atomic E-state index is 12.9. The van der Waals surface area contributed by atoms with Gasteiger partial charge in [-0.2, -0.15) is 9.40 Å². The van der Waals surface area contributed by atoms with Crippen LogP contribution in [0.3, 0.4) is 0 Å².